The maximum Gasteiger partial charge on any atom is 0.335 e. The zero-order valence-electron chi connectivity index (χ0n) is 11.7. The fourth-order valence-corrected chi connectivity index (χ4v) is 1.54. The highest BCUT2D eigenvalue weighted by Crippen LogP contribution is 2.24. The van der Waals surface area contributed by atoms with Gasteiger partial charge in [-0.2, -0.15) is 0 Å². The number of phenolic OH excluding ortho intramolecular Hbond substituents is 1. The van der Waals surface area contributed by atoms with Gasteiger partial charge in [0, 0.05) is 13.6 Å². The van der Waals surface area contributed by atoms with E-state index in [1.165, 1.54) is 24.1 Å². The number of carboxylic acid groups (broad SMARTS) is 1. The number of phenols is 1. The number of benzene rings is 1. The predicted octanol–water partition coefficient (Wildman–Crippen LogP) is 0.690. The predicted molar refractivity (Wildman–Crippen MR) is 75.4 cm³/mol. The largest absolute Gasteiger partial charge is 0.506 e. The Kier molecular flexibility index (Phi) is 5.53. The summed E-state index contributed by atoms with van der Waals surface area (Å²) in [6.45, 7) is 1.88. The van der Waals surface area contributed by atoms with E-state index in [-0.39, 0.29) is 29.5 Å². The Morgan fingerprint density at radius 3 is 2.43 bits per heavy atom. The quantitative estimate of drug-likeness (QED) is 0.596. The van der Waals surface area contributed by atoms with E-state index in [4.69, 9.17) is 5.11 Å². The van der Waals surface area contributed by atoms with Gasteiger partial charge in [-0.3, -0.25) is 4.79 Å². The number of amides is 3. The Labute approximate surface area is 121 Å². The Morgan fingerprint density at radius 1 is 1.29 bits per heavy atom. The summed E-state index contributed by atoms with van der Waals surface area (Å²) in [5, 5.41) is 23.3. The highest BCUT2D eigenvalue weighted by molar-refractivity contribution is 5.95. The first-order valence-electron chi connectivity index (χ1n) is 6.21. The van der Waals surface area contributed by atoms with Crippen LogP contribution in [0.25, 0.3) is 0 Å². The molecule has 0 aliphatic heterocycles. The molecule has 1 rings (SSSR count). The minimum absolute atomic E-state index is 0.0698. The van der Waals surface area contributed by atoms with E-state index < -0.39 is 12.0 Å². The van der Waals surface area contributed by atoms with Crippen molar-refractivity contribution in [3.63, 3.8) is 0 Å². The van der Waals surface area contributed by atoms with Gasteiger partial charge in [-0.05, 0) is 25.1 Å². The lowest BCUT2D eigenvalue weighted by Crippen LogP contribution is -2.41. The average Bonchev–Trinajstić information content (AvgIpc) is 2.46. The lowest BCUT2D eigenvalue weighted by molar-refractivity contribution is -0.121. The molecule has 0 saturated heterocycles. The third-order valence-electron chi connectivity index (χ3n) is 2.77. The van der Waals surface area contributed by atoms with Gasteiger partial charge in [0.1, 0.15) is 12.3 Å². The lowest BCUT2D eigenvalue weighted by atomic mass is 10.2. The van der Waals surface area contributed by atoms with Crippen molar-refractivity contribution in [3.05, 3.63) is 23.8 Å². The molecule has 0 radical (unpaired) electrons. The van der Waals surface area contributed by atoms with Gasteiger partial charge in [0.25, 0.3) is 0 Å². The molecule has 0 atom stereocenters. The summed E-state index contributed by atoms with van der Waals surface area (Å²) >= 11 is 0. The van der Waals surface area contributed by atoms with E-state index in [1.807, 2.05) is 0 Å². The fourth-order valence-electron chi connectivity index (χ4n) is 1.54. The van der Waals surface area contributed by atoms with E-state index in [0.29, 0.717) is 6.54 Å². The van der Waals surface area contributed by atoms with Crippen molar-refractivity contribution in [2.75, 3.05) is 25.5 Å². The molecule has 21 heavy (non-hydrogen) atoms. The van der Waals surface area contributed by atoms with Gasteiger partial charge in [-0.1, -0.05) is 0 Å². The molecule has 0 spiro atoms. The number of aromatic hydroxyl groups is 1. The van der Waals surface area contributed by atoms with Crippen molar-refractivity contribution in [2.45, 2.75) is 6.92 Å². The number of hydrogen-bond donors (Lipinski definition) is 4. The summed E-state index contributed by atoms with van der Waals surface area (Å²) < 4.78 is 0. The lowest BCUT2D eigenvalue weighted by Gasteiger charge is -2.20. The number of likely N-dealkylation sites (N-methyl/N-ethyl adjacent to an activating group) is 2. The van der Waals surface area contributed by atoms with Crippen molar-refractivity contribution in [2.24, 2.45) is 0 Å². The number of carbonyl (C=O) groups is 3. The van der Waals surface area contributed by atoms with Crippen molar-refractivity contribution < 1.29 is 24.6 Å². The normalized spacial score (nSPS) is 9.81. The van der Waals surface area contributed by atoms with Crippen molar-refractivity contribution in [3.8, 4) is 5.75 Å². The van der Waals surface area contributed by atoms with Crippen molar-refractivity contribution in [1.29, 1.82) is 0 Å². The molecule has 3 amide bonds. The molecule has 1 aromatic carbocycles. The monoisotopic (exact) mass is 295 g/mol. The number of anilines is 1. The molecule has 0 unspecified atom stereocenters. The molecular formula is C13H17N3O5. The van der Waals surface area contributed by atoms with Crippen LogP contribution in [0.1, 0.15) is 17.3 Å². The minimum atomic E-state index is -1.18. The first-order valence-corrected chi connectivity index (χ1v) is 6.21. The van der Waals surface area contributed by atoms with Crippen LogP contribution in [-0.2, 0) is 4.79 Å². The third kappa shape index (κ3) is 4.37. The summed E-state index contributed by atoms with van der Waals surface area (Å²) in [7, 11) is 1.46. The summed E-state index contributed by atoms with van der Waals surface area (Å²) in [6.07, 6.45) is 0. The molecule has 0 fully saturated rings. The molecule has 0 aromatic heterocycles. The standard InChI is InChI=1S/C13H17N3O5/c1-3-16(7-11(18)14-2)13(21)15-9-5-4-8(12(19)20)6-10(9)17/h4-6,17H,3,7H2,1-2H3,(H,14,18)(H,15,21)(H,19,20). The number of carboxylic acids is 1. The molecule has 0 heterocycles. The summed E-state index contributed by atoms with van der Waals surface area (Å²) in [5.41, 5.74) is -0.0245. The van der Waals surface area contributed by atoms with Crippen LogP contribution < -0.4 is 10.6 Å². The number of urea groups is 1. The molecular weight excluding hydrogens is 278 g/mol. The zero-order chi connectivity index (χ0) is 16.0. The average molecular weight is 295 g/mol. The number of rotatable bonds is 5. The van der Waals surface area contributed by atoms with Crippen LogP contribution in [0.15, 0.2) is 18.2 Å². The maximum absolute atomic E-state index is 12.0. The molecule has 8 nitrogen and oxygen atoms in total. The topological polar surface area (TPSA) is 119 Å². The summed E-state index contributed by atoms with van der Waals surface area (Å²) in [6, 6.07) is 3.00. The SMILES string of the molecule is CCN(CC(=O)NC)C(=O)Nc1ccc(C(=O)O)cc1O. The third-order valence-corrected chi connectivity index (χ3v) is 2.77. The molecule has 8 heteroatoms. The Hall–Kier alpha value is -2.77. The fraction of sp³-hybridized carbons (Fsp3) is 0.308. The van der Waals surface area contributed by atoms with E-state index in [1.54, 1.807) is 6.92 Å². The number of nitrogens with zero attached hydrogens (tertiary/aromatic N) is 1. The molecule has 114 valence electrons. The molecule has 0 saturated carbocycles. The van der Waals surface area contributed by atoms with Crippen LogP contribution in [0.5, 0.6) is 5.75 Å². The first-order chi connectivity index (χ1) is 9.88. The second-order valence-electron chi connectivity index (χ2n) is 4.15. The highest BCUT2D eigenvalue weighted by Gasteiger charge is 2.16. The number of hydrogen-bond acceptors (Lipinski definition) is 4. The Balaban J connectivity index is 2.82. The van der Waals surface area contributed by atoms with Crippen LogP contribution in [0, 0.1) is 0 Å². The van der Waals surface area contributed by atoms with Gasteiger partial charge < -0.3 is 25.7 Å². The summed E-state index contributed by atoms with van der Waals surface area (Å²) in [5.74, 6) is -1.87. The second kappa shape index (κ2) is 7.13. The number of carbonyl (C=O) groups excluding carboxylic acids is 2. The van der Waals surface area contributed by atoms with Crippen LogP contribution in [0.2, 0.25) is 0 Å². The molecule has 1 aromatic rings. The van der Waals surface area contributed by atoms with Crippen LogP contribution >= 0.6 is 0 Å². The second-order valence-corrected chi connectivity index (χ2v) is 4.15. The van der Waals surface area contributed by atoms with Crippen LogP contribution in [0.3, 0.4) is 0 Å². The molecule has 0 aliphatic rings. The van der Waals surface area contributed by atoms with Gasteiger partial charge in [0.15, 0.2) is 0 Å². The smallest absolute Gasteiger partial charge is 0.335 e. The Morgan fingerprint density at radius 2 is 1.95 bits per heavy atom. The highest BCUT2D eigenvalue weighted by atomic mass is 16.4. The van der Waals surface area contributed by atoms with Crippen LogP contribution in [0.4, 0.5) is 10.5 Å². The zero-order valence-corrected chi connectivity index (χ0v) is 11.7. The van der Waals surface area contributed by atoms with Gasteiger partial charge in [0.05, 0.1) is 11.3 Å². The first kappa shape index (κ1) is 16.3. The van der Waals surface area contributed by atoms with Gasteiger partial charge in [-0.25, -0.2) is 9.59 Å². The van der Waals surface area contributed by atoms with Crippen LogP contribution in [-0.4, -0.2) is 53.2 Å². The molecule has 0 bridgehead atoms. The molecule has 4 N–H and O–H groups in total. The van der Waals surface area contributed by atoms with E-state index in [0.717, 1.165) is 6.07 Å². The van der Waals surface area contributed by atoms with E-state index in [2.05, 4.69) is 10.6 Å². The van der Waals surface area contributed by atoms with Gasteiger partial charge >= 0.3 is 12.0 Å². The van der Waals surface area contributed by atoms with Crippen molar-refractivity contribution in [1.82, 2.24) is 10.2 Å². The Bertz CT molecular complexity index is 559. The number of nitrogens with one attached hydrogen (secondary N) is 2. The maximum atomic E-state index is 12.0. The van der Waals surface area contributed by atoms with Gasteiger partial charge in [0.2, 0.25) is 5.91 Å². The minimum Gasteiger partial charge on any atom is -0.506 e. The summed E-state index contributed by atoms with van der Waals surface area (Å²) in [4.78, 5) is 35.2. The number of aromatic carboxylic acids is 1. The van der Waals surface area contributed by atoms with Gasteiger partial charge in [-0.15, -0.1) is 0 Å². The van der Waals surface area contributed by atoms with E-state index >= 15 is 0 Å². The van der Waals surface area contributed by atoms with E-state index in [9.17, 15) is 19.5 Å². The molecule has 0 aliphatic carbocycles. The van der Waals surface area contributed by atoms with Crippen molar-refractivity contribution >= 4 is 23.6 Å².